The van der Waals surface area contributed by atoms with Gasteiger partial charge in [0, 0.05) is 31.6 Å². The van der Waals surface area contributed by atoms with Crippen LogP contribution in [0.2, 0.25) is 0 Å². The van der Waals surface area contributed by atoms with Crippen LogP contribution in [0.5, 0.6) is 0 Å². The smallest absolute Gasteiger partial charge is 0.332 e. The highest BCUT2D eigenvalue weighted by Crippen LogP contribution is 2.19. The van der Waals surface area contributed by atoms with Crippen molar-refractivity contribution in [3.63, 3.8) is 0 Å². The van der Waals surface area contributed by atoms with Crippen molar-refractivity contribution in [3.05, 3.63) is 0 Å². The summed E-state index contributed by atoms with van der Waals surface area (Å²) in [6.45, 7) is 3.60. The average Bonchev–Trinajstić information content (AvgIpc) is 2.99. The zero-order valence-electron chi connectivity index (χ0n) is 11.0. The molecule has 2 heterocycles. The molecule has 3 unspecified atom stereocenters. The molecular weight excluding hydrogens is 252 g/mol. The van der Waals surface area contributed by atoms with Gasteiger partial charge in [0.15, 0.2) is 5.54 Å². The van der Waals surface area contributed by atoms with Crippen LogP contribution in [0.25, 0.3) is 0 Å². The first-order chi connectivity index (χ1) is 9.03. The van der Waals surface area contributed by atoms with Gasteiger partial charge in [-0.25, -0.2) is 9.59 Å². The summed E-state index contributed by atoms with van der Waals surface area (Å²) in [5, 5.41) is 14.5. The minimum Gasteiger partial charge on any atom is -0.479 e. The average molecular weight is 272 g/mol. The van der Waals surface area contributed by atoms with Gasteiger partial charge in [-0.3, -0.25) is 0 Å². The van der Waals surface area contributed by atoms with E-state index in [1.165, 1.54) is 0 Å². The molecule has 3 N–H and O–H groups in total. The summed E-state index contributed by atoms with van der Waals surface area (Å²) in [5.74, 6) is -0.775. The van der Waals surface area contributed by atoms with Gasteiger partial charge in [-0.05, 0) is 13.3 Å². The van der Waals surface area contributed by atoms with Crippen molar-refractivity contribution in [2.75, 3.05) is 26.4 Å². The van der Waals surface area contributed by atoms with E-state index in [1.54, 1.807) is 0 Å². The number of nitrogens with one attached hydrogen (secondary N) is 2. The first-order valence-electron chi connectivity index (χ1n) is 6.51. The number of hydrogen-bond donors (Lipinski definition) is 3. The lowest BCUT2D eigenvalue weighted by Gasteiger charge is -2.26. The number of urea groups is 1. The molecule has 7 heteroatoms. The highest BCUT2D eigenvalue weighted by molar-refractivity contribution is 5.86. The van der Waals surface area contributed by atoms with Crippen molar-refractivity contribution in [1.82, 2.24) is 10.6 Å². The topological polar surface area (TPSA) is 96.9 Å². The fourth-order valence-corrected chi connectivity index (χ4v) is 2.41. The standard InChI is InChI=1S/C12H20N2O5/c1-8(9-2-4-18-6-9)13-11(17)14-12(10(15)16)3-5-19-7-12/h8-9H,2-7H2,1H3,(H,15,16)(H2,13,14,17). The second kappa shape index (κ2) is 5.75. The van der Waals surface area contributed by atoms with E-state index in [-0.39, 0.29) is 25.0 Å². The second-order valence-corrected chi connectivity index (χ2v) is 5.20. The molecule has 0 aromatic rings. The largest absolute Gasteiger partial charge is 0.479 e. The Morgan fingerprint density at radius 3 is 2.68 bits per heavy atom. The van der Waals surface area contributed by atoms with Crippen molar-refractivity contribution >= 4 is 12.0 Å². The molecule has 7 nitrogen and oxygen atoms in total. The van der Waals surface area contributed by atoms with Gasteiger partial charge < -0.3 is 25.2 Å². The molecule has 0 radical (unpaired) electrons. The third-order valence-corrected chi connectivity index (χ3v) is 3.81. The monoisotopic (exact) mass is 272 g/mol. The summed E-state index contributed by atoms with van der Waals surface area (Å²) in [7, 11) is 0. The number of carbonyl (C=O) groups excluding carboxylic acids is 1. The molecule has 108 valence electrons. The fourth-order valence-electron chi connectivity index (χ4n) is 2.41. The van der Waals surface area contributed by atoms with E-state index in [1.807, 2.05) is 6.92 Å². The van der Waals surface area contributed by atoms with Gasteiger partial charge in [-0.1, -0.05) is 0 Å². The first-order valence-corrected chi connectivity index (χ1v) is 6.51. The van der Waals surface area contributed by atoms with E-state index >= 15 is 0 Å². The highest BCUT2D eigenvalue weighted by Gasteiger charge is 2.44. The van der Waals surface area contributed by atoms with Crippen molar-refractivity contribution in [2.45, 2.75) is 31.3 Å². The van der Waals surface area contributed by atoms with Crippen molar-refractivity contribution in [1.29, 1.82) is 0 Å². The number of carboxylic acid groups (broad SMARTS) is 1. The van der Waals surface area contributed by atoms with E-state index in [4.69, 9.17) is 9.47 Å². The molecule has 0 aromatic heterocycles. The number of hydrogen-bond acceptors (Lipinski definition) is 4. The van der Waals surface area contributed by atoms with Crippen LogP contribution in [-0.4, -0.2) is 55.1 Å². The number of carbonyl (C=O) groups is 2. The minimum absolute atomic E-state index is 0.0106. The Kier molecular flexibility index (Phi) is 4.26. The molecule has 2 aliphatic heterocycles. The second-order valence-electron chi connectivity index (χ2n) is 5.20. The van der Waals surface area contributed by atoms with E-state index < -0.39 is 17.5 Å². The molecule has 2 amide bonds. The van der Waals surface area contributed by atoms with Crippen LogP contribution in [0.1, 0.15) is 19.8 Å². The van der Waals surface area contributed by atoms with Gasteiger partial charge in [0.25, 0.3) is 0 Å². The lowest BCUT2D eigenvalue weighted by Crippen LogP contribution is -2.59. The summed E-state index contributed by atoms with van der Waals surface area (Å²) >= 11 is 0. The summed E-state index contributed by atoms with van der Waals surface area (Å²) in [6.07, 6.45) is 1.20. The Balaban J connectivity index is 1.87. The number of aliphatic carboxylic acids is 1. The third kappa shape index (κ3) is 3.16. The molecule has 19 heavy (non-hydrogen) atoms. The first kappa shape index (κ1) is 14.1. The number of carboxylic acids is 1. The molecule has 0 spiro atoms. The SMILES string of the molecule is CC(NC(=O)NC1(C(=O)O)CCOC1)C1CCOC1. The number of amides is 2. The minimum atomic E-state index is -1.30. The van der Waals surface area contributed by atoms with Gasteiger partial charge in [0.1, 0.15) is 0 Å². The van der Waals surface area contributed by atoms with Gasteiger partial charge >= 0.3 is 12.0 Å². The van der Waals surface area contributed by atoms with E-state index in [0.717, 1.165) is 6.42 Å². The molecule has 0 aromatic carbocycles. The maximum Gasteiger partial charge on any atom is 0.332 e. The van der Waals surface area contributed by atoms with Gasteiger partial charge in [-0.15, -0.1) is 0 Å². The zero-order chi connectivity index (χ0) is 13.9. The molecule has 0 bridgehead atoms. The van der Waals surface area contributed by atoms with Crippen LogP contribution in [0.3, 0.4) is 0 Å². The Bertz CT molecular complexity index is 348. The summed E-state index contributed by atoms with van der Waals surface area (Å²) < 4.78 is 10.3. The lowest BCUT2D eigenvalue weighted by molar-refractivity contribution is -0.144. The lowest BCUT2D eigenvalue weighted by atomic mass is 9.99. The summed E-state index contributed by atoms with van der Waals surface area (Å²) in [5.41, 5.74) is -1.30. The molecule has 2 fully saturated rings. The Morgan fingerprint density at radius 1 is 1.37 bits per heavy atom. The highest BCUT2D eigenvalue weighted by atomic mass is 16.5. The quantitative estimate of drug-likeness (QED) is 0.667. The van der Waals surface area contributed by atoms with Crippen molar-refractivity contribution in [2.24, 2.45) is 5.92 Å². The van der Waals surface area contributed by atoms with Gasteiger partial charge in [0.05, 0.1) is 13.2 Å². The van der Waals surface area contributed by atoms with Crippen LogP contribution in [-0.2, 0) is 14.3 Å². The predicted octanol–water partition coefficient (Wildman–Crippen LogP) is -0.0457. The maximum atomic E-state index is 11.9. The normalized spacial score (nSPS) is 31.9. The summed E-state index contributed by atoms with van der Waals surface area (Å²) in [6, 6.07) is -0.511. The van der Waals surface area contributed by atoms with Crippen LogP contribution in [0, 0.1) is 5.92 Å². The molecule has 0 aliphatic carbocycles. The maximum absolute atomic E-state index is 11.9. The summed E-state index contributed by atoms with van der Waals surface area (Å²) in [4.78, 5) is 23.2. The number of rotatable bonds is 4. The Labute approximate surface area is 111 Å². The Morgan fingerprint density at radius 2 is 2.16 bits per heavy atom. The van der Waals surface area contributed by atoms with E-state index in [0.29, 0.717) is 19.8 Å². The molecule has 3 atom stereocenters. The van der Waals surface area contributed by atoms with Crippen LogP contribution < -0.4 is 10.6 Å². The van der Waals surface area contributed by atoms with E-state index in [9.17, 15) is 14.7 Å². The van der Waals surface area contributed by atoms with Crippen molar-refractivity contribution in [3.8, 4) is 0 Å². The molecular formula is C12H20N2O5. The van der Waals surface area contributed by atoms with Crippen LogP contribution >= 0.6 is 0 Å². The molecule has 0 saturated carbocycles. The predicted molar refractivity (Wildman–Crippen MR) is 65.9 cm³/mol. The van der Waals surface area contributed by atoms with E-state index in [2.05, 4.69) is 10.6 Å². The van der Waals surface area contributed by atoms with Gasteiger partial charge in [0.2, 0.25) is 0 Å². The van der Waals surface area contributed by atoms with Crippen LogP contribution in [0.15, 0.2) is 0 Å². The number of ether oxygens (including phenoxy) is 2. The fraction of sp³-hybridized carbons (Fsp3) is 0.833. The molecule has 2 saturated heterocycles. The van der Waals surface area contributed by atoms with Crippen LogP contribution in [0.4, 0.5) is 4.79 Å². The third-order valence-electron chi connectivity index (χ3n) is 3.81. The Hall–Kier alpha value is -1.34. The van der Waals surface area contributed by atoms with Crippen molar-refractivity contribution < 1.29 is 24.2 Å². The molecule has 2 aliphatic rings. The van der Waals surface area contributed by atoms with Gasteiger partial charge in [-0.2, -0.15) is 0 Å². The zero-order valence-corrected chi connectivity index (χ0v) is 11.0. The molecule has 2 rings (SSSR count).